The highest BCUT2D eigenvalue weighted by Crippen LogP contribution is 2.26. The average Bonchev–Trinajstić information content (AvgIpc) is 2.01. The first-order valence-corrected chi connectivity index (χ1v) is 4.00. The van der Waals surface area contributed by atoms with Gasteiger partial charge in [-0.3, -0.25) is 0 Å². The summed E-state index contributed by atoms with van der Waals surface area (Å²) in [6, 6.07) is 2.89. The van der Waals surface area contributed by atoms with E-state index in [1.54, 1.807) is 6.92 Å². The van der Waals surface area contributed by atoms with Crippen LogP contribution in [0.1, 0.15) is 18.5 Å². The molecule has 0 unspecified atom stereocenters. The lowest BCUT2D eigenvalue weighted by Crippen LogP contribution is -2.10. The summed E-state index contributed by atoms with van der Waals surface area (Å²) in [6.45, 7) is -1.37. The van der Waals surface area contributed by atoms with Crippen molar-refractivity contribution < 1.29 is 17.9 Å². The Kier molecular flexibility index (Phi) is 5.46. The van der Waals surface area contributed by atoms with Crippen LogP contribution in [-0.2, 0) is 0 Å². The van der Waals surface area contributed by atoms with Crippen molar-refractivity contribution in [1.82, 2.24) is 0 Å². The van der Waals surface area contributed by atoms with Crippen molar-refractivity contribution in [2.45, 2.75) is 19.6 Å². The molecule has 0 aliphatic rings. The lowest BCUT2D eigenvalue weighted by Gasteiger charge is -2.12. The molecule has 1 atom stereocenters. The first-order chi connectivity index (χ1) is 6.50. The predicted octanol–water partition coefficient (Wildman–Crippen LogP) is 2.87. The zero-order chi connectivity index (χ0) is 10.7. The van der Waals surface area contributed by atoms with Gasteiger partial charge in [0.05, 0.1) is 0 Å². The van der Waals surface area contributed by atoms with Gasteiger partial charge in [0, 0.05) is 17.7 Å². The fourth-order valence-electron chi connectivity index (χ4n) is 1.08. The molecule has 0 radical (unpaired) electrons. The van der Waals surface area contributed by atoms with Gasteiger partial charge >= 0.3 is 6.61 Å². The van der Waals surface area contributed by atoms with Gasteiger partial charge in [-0.15, -0.1) is 12.4 Å². The highest BCUT2D eigenvalue weighted by Gasteiger charge is 2.13. The Bertz CT molecular complexity index is 320. The largest absolute Gasteiger partial charge is 0.434 e. The molecule has 0 saturated heterocycles. The molecule has 0 saturated carbocycles. The van der Waals surface area contributed by atoms with Gasteiger partial charge in [0.2, 0.25) is 0 Å². The number of ether oxygens (including phenoxy) is 1. The topological polar surface area (TPSA) is 35.2 Å². The molecule has 0 spiro atoms. The Morgan fingerprint density at radius 2 is 1.93 bits per heavy atom. The van der Waals surface area contributed by atoms with Gasteiger partial charge in [0.25, 0.3) is 0 Å². The molecule has 0 heterocycles. The zero-order valence-electron chi connectivity index (χ0n) is 7.91. The third-order valence-electron chi connectivity index (χ3n) is 1.68. The number of benzene rings is 1. The minimum atomic E-state index is -2.98. The highest BCUT2D eigenvalue weighted by molar-refractivity contribution is 5.85. The van der Waals surface area contributed by atoms with E-state index in [1.165, 1.54) is 6.07 Å². The van der Waals surface area contributed by atoms with Crippen LogP contribution in [-0.4, -0.2) is 6.61 Å². The molecular weight excluding hydrogens is 231 g/mol. The van der Waals surface area contributed by atoms with E-state index in [-0.39, 0.29) is 18.2 Å². The normalized spacial score (nSPS) is 12.1. The van der Waals surface area contributed by atoms with E-state index < -0.39 is 18.5 Å². The molecule has 6 heteroatoms. The van der Waals surface area contributed by atoms with E-state index in [4.69, 9.17) is 5.73 Å². The van der Waals surface area contributed by atoms with Crippen molar-refractivity contribution in [2.75, 3.05) is 0 Å². The molecule has 1 aromatic rings. The molecule has 0 aliphatic heterocycles. The standard InChI is InChI=1S/C9H10F3NO.ClH/c1-5(13)7-3-2-6(10)4-8(7)14-9(11)12;/h2-5,9H,13H2,1H3;1H/t5-;/m0./s1. The van der Waals surface area contributed by atoms with Gasteiger partial charge in [-0.1, -0.05) is 6.07 Å². The molecule has 0 amide bonds. The summed E-state index contributed by atoms with van der Waals surface area (Å²) in [5, 5.41) is 0. The SMILES string of the molecule is C[C@H](N)c1ccc(F)cc1OC(F)F.Cl. The first kappa shape index (κ1) is 14.1. The molecule has 0 aliphatic carbocycles. The Labute approximate surface area is 91.6 Å². The first-order valence-electron chi connectivity index (χ1n) is 4.00. The summed E-state index contributed by atoms with van der Waals surface area (Å²) < 4.78 is 40.6. The van der Waals surface area contributed by atoms with E-state index in [2.05, 4.69) is 4.74 Å². The summed E-state index contributed by atoms with van der Waals surface area (Å²) in [4.78, 5) is 0. The number of nitrogens with two attached hydrogens (primary N) is 1. The number of halogens is 4. The molecule has 15 heavy (non-hydrogen) atoms. The van der Waals surface area contributed by atoms with Gasteiger partial charge in [-0.2, -0.15) is 8.78 Å². The number of hydrogen-bond acceptors (Lipinski definition) is 2. The van der Waals surface area contributed by atoms with E-state index in [9.17, 15) is 13.2 Å². The summed E-state index contributed by atoms with van der Waals surface area (Å²) >= 11 is 0. The van der Waals surface area contributed by atoms with Gasteiger partial charge in [-0.25, -0.2) is 4.39 Å². The van der Waals surface area contributed by atoms with Gasteiger partial charge in [0.15, 0.2) is 0 Å². The molecule has 0 bridgehead atoms. The summed E-state index contributed by atoms with van der Waals surface area (Å²) in [7, 11) is 0. The van der Waals surface area contributed by atoms with Crippen LogP contribution in [0.5, 0.6) is 5.75 Å². The highest BCUT2D eigenvalue weighted by atomic mass is 35.5. The van der Waals surface area contributed by atoms with Crippen molar-refractivity contribution in [3.63, 3.8) is 0 Å². The van der Waals surface area contributed by atoms with Crippen molar-refractivity contribution in [3.05, 3.63) is 29.6 Å². The van der Waals surface area contributed by atoms with E-state index in [1.807, 2.05) is 0 Å². The van der Waals surface area contributed by atoms with Crippen molar-refractivity contribution >= 4 is 12.4 Å². The van der Waals surface area contributed by atoms with Crippen molar-refractivity contribution in [1.29, 1.82) is 0 Å². The van der Waals surface area contributed by atoms with E-state index in [0.717, 1.165) is 12.1 Å². The van der Waals surface area contributed by atoms with Crippen LogP contribution in [0, 0.1) is 5.82 Å². The number of hydrogen-bond donors (Lipinski definition) is 1. The average molecular weight is 242 g/mol. The Balaban J connectivity index is 0.00000196. The third kappa shape index (κ3) is 3.97. The predicted molar refractivity (Wildman–Crippen MR) is 52.9 cm³/mol. The Morgan fingerprint density at radius 3 is 2.40 bits per heavy atom. The van der Waals surface area contributed by atoms with Crippen LogP contribution >= 0.6 is 12.4 Å². The van der Waals surface area contributed by atoms with Gasteiger partial charge in [-0.05, 0) is 13.0 Å². The molecule has 2 nitrogen and oxygen atoms in total. The van der Waals surface area contributed by atoms with Crippen molar-refractivity contribution in [3.8, 4) is 5.75 Å². The maximum atomic E-state index is 12.7. The fraction of sp³-hybridized carbons (Fsp3) is 0.333. The molecule has 1 rings (SSSR count). The minimum Gasteiger partial charge on any atom is -0.434 e. The fourth-order valence-corrected chi connectivity index (χ4v) is 1.08. The van der Waals surface area contributed by atoms with Crippen LogP contribution < -0.4 is 10.5 Å². The molecule has 1 aromatic carbocycles. The second-order valence-corrected chi connectivity index (χ2v) is 2.85. The third-order valence-corrected chi connectivity index (χ3v) is 1.68. The molecular formula is C9H11ClF3NO. The smallest absolute Gasteiger partial charge is 0.387 e. The summed E-state index contributed by atoms with van der Waals surface area (Å²) in [5.41, 5.74) is 5.85. The number of rotatable bonds is 3. The van der Waals surface area contributed by atoms with Gasteiger partial charge < -0.3 is 10.5 Å². The zero-order valence-corrected chi connectivity index (χ0v) is 8.73. The second-order valence-electron chi connectivity index (χ2n) is 2.85. The molecule has 86 valence electrons. The van der Waals surface area contributed by atoms with E-state index in [0.29, 0.717) is 5.56 Å². The van der Waals surface area contributed by atoms with Crippen LogP contribution in [0.25, 0.3) is 0 Å². The van der Waals surface area contributed by atoms with Crippen molar-refractivity contribution in [2.24, 2.45) is 5.73 Å². The van der Waals surface area contributed by atoms with Crippen LogP contribution in [0.4, 0.5) is 13.2 Å². The Hall–Kier alpha value is -0.940. The lowest BCUT2D eigenvalue weighted by atomic mass is 10.1. The van der Waals surface area contributed by atoms with E-state index >= 15 is 0 Å². The maximum absolute atomic E-state index is 12.7. The minimum absolute atomic E-state index is 0. The number of alkyl halides is 2. The monoisotopic (exact) mass is 241 g/mol. The lowest BCUT2D eigenvalue weighted by molar-refractivity contribution is -0.0507. The second kappa shape index (κ2) is 5.82. The molecule has 2 N–H and O–H groups in total. The molecule has 0 aromatic heterocycles. The summed E-state index contributed by atoms with van der Waals surface area (Å²) in [5.74, 6) is -0.847. The van der Waals surface area contributed by atoms with Crippen LogP contribution in [0.2, 0.25) is 0 Å². The van der Waals surface area contributed by atoms with Crippen LogP contribution in [0.15, 0.2) is 18.2 Å². The van der Waals surface area contributed by atoms with Gasteiger partial charge in [0.1, 0.15) is 11.6 Å². The quantitative estimate of drug-likeness (QED) is 0.883. The summed E-state index contributed by atoms with van der Waals surface area (Å²) in [6.07, 6.45) is 0. The Morgan fingerprint density at radius 1 is 1.33 bits per heavy atom. The maximum Gasteiger partial charge on any atom is 0.387 e. The van der Waals surface area contributed by atoms with Crippen LogP contribution in [0.3, 0.4) is 0 Å². The molecule has 0 fully saturated rings.